The number of carbonyl (C=O) groups excluding carboxylic acids is 3. The van der Waals surface area contributed by atoms with Gasteiger partial charge < -0.3 is 10.6 Å². The minimum Gasteiger partial charge on any atom is -0.352 e. The van der Waals surface area contributed by atoms with Crippen molar-refractivity contribution in [3.8, 4) is 0 Å². The number of amides is 1. The van der Waals surface area contributed by atoms with Crippen LogP contribution in [0.5, 0.6) is 0 Å². The van der Waals surface area contributed by atoms with E-state index in [1.165, 1.54) is 25.1 Å². The Hall–Kier alpha value is -5.19. The average Bonchev–Trinajstić information content (AvgIpc) is 2.83. The molecule has 35 heavy (non-hydrogen) atoms. The van der Waals surface area contributed by atoms with Crippen LogP contribution in [0, 0.1) is 27.2 Å². The quantitative estimate of drug-likeness (QED) is 0.393. The number of benzene rings is 3. The number of allylic oxidation sites excluding steroid dienone is 2. The summed E-state index contributed by atoms with van der Waals surface area (Å²) in [5.74, 6) is -1.39. The molecule has 3 aromatic rings. The zero-order valence-corrected chi connectivity index (χ0v) is 18.1. The van der Waals surface area contributed by atoms with Crippen LogP contribution in [-0.2, 0) is 0 Å². The van der Waals surface area contributed by atoms with Crippen molar-refractivity contribution < 1.29 is 24.2 Å². The van der Waals surface area contributed by atoms with Crippen LogP contribution in [0.4, 0.5) is 22.7 Å². The minimum absolute atomic E-state index is 0.0101. The summed E-state index contributed by atoms with van der Waals surface area (Å²) in [6.07, 6.45) is 1.22. The number of hydrogen-bond donors (Lipinski definition) is 2. The van der Waals surface area contributed by atoms with E-state index in [0.29, 0.717) is 22.5 Å². The van der Waals surface area contributed by atoms with Gasteiger partial charge in [-0.3, -0.25) is 34.6 Å². The lowest BCUT2D eigenvalue weighted by Crippen LogP contribution is -2.21. The highest BCUT2D eigenvalue weighted by Gasteiger charge is 2.26. The van der Waals surface area contributed by atoms with Crippen molar-refractivity contribution in [3.05, 3.63) is 115 Å². The van der Waals surface area contributed by atoms with Crippen LogP contribution < -0.4 is 10.6 Å². The van der Waals surface area contributed by atoms with Gasteiger partial charge in [0.2, 0.25) is 5.78 Å². The van der Waals surface area contributed by atoms with E-state index in [9.17, 15) is 34.6 Å². The molecule has 4 rings (SSSR count). The van der Waals surface area contributed by atoms with Crippen LogP contribution >= 0.6 is 0 Å². The number of rotatable bonds is 6. The standard InChI is InChI=1S/C24H16N4O7/c1-13-19(10-16(27(32)33)11-21(13)28(34)35)24(31)26-15-8-6-14(7-9-15)25-20-12-22(29)17-4-2-3-5-18(17)23(20)30/h2-12,25H,1H3,(H,26,31). The van der Waals surface area contributed by atoms with Gasteiger partial charge in [-0.05, 0) is 31.2 Å². The molecule has 0 heterocycles. The van der Waals surface area contributed by atoms with E-state index in [2.05, 4.69) is 10.6 Å². The first kappa shape index (κ1) is 23.0. The van der Waals surface area contributed by atoms with Crippen molar-refractivity contribution in [1.82, 2.24) is 0 Å². The topological polar surface area (TPSA) is 162 Å². The number of non-ortho nitro benzene ring substituents is 1. The summed E-state index contributed by atoms with van der Waals surface area (Å²) in [6.45, 7) is 1.33. The lowest BCUT2D eigenvalue weighted by molar-refractivity contribution is -0.394. The first-order valence-corrected chi connectivity index (χ1v) is 10.2. The van der Waals surface area contributed by atoms with Crippen LogP contribution in [-0.4, -0.2) is 27.3 Å². The second-order valence-electron chi connectivity index (χ2n) is 7.61. The molecule has 0 bridgehead atoms. The van der Waals surface area contributed by atoms with Crippen LogP contribution in [0.1, 0.15) is 36.6 Å². The zero-order valence-electron chi connectivity index (χ0n) is 18.1. The molecule has 0 radical (unpaired) electrons. The Morgan fingerprint density at radius 3 is 2.11 bits per heavy atom. The van der Waals surface area contributed by atoms with Crippen molar-refractivity contribution in [2.24, 2.45) is 0 Å². The molecule has 0 aliphatic heterocycles. The molecule has 2 N–H and O–H groups in total. The van der Waals surface area contributed by atoms with Crippen molar-refractivity contribution in [3.63, 3.8) is 0 Å². The van der Waals surface area contributed by atoms with Gasteiger partial charge in [-0.1, -0.05) is 24.3 Å². The van der Waals surface area contributed by atoms with Crippen molar-refractivity contribution in [2.75, 3.05) is 10.6 Å². The zero-order chi connectivity index (χ0) is 25.3. The third kappa shape index (κ3) is 4.50. The maximum absolute atomic E-state index is 12.7. The molecule has 174 valence electrons. The number of Topliss-reactive ketones (excluding diaryl/α,β-unsaturated/α-hetero) is 1. The third-order valence-corrected chi connectivity index (χ3v) is 5.40. The number of nitrogens with zero attached hydrogens (tertiary/aromatic N) is 2. The van der Waals surface area contributed by atoms with Gasteiger partial charge in [-0.25, -0.2) is 0 Å². The summed E-state index contributed by atoms with van der Waals surface area (Å²) >= 11 is 0. The fourth-order valence-corrected chi connectivity index (χ4v) is 3.61. The van der Waals surface area contributed by atoms with E-state index in [-0.39, 0.29) is 28.4 Å². The average molecular weight is 472 g/mol. The van der Waals surface area contributed by atoms with E-state index in [4.69, 9.17) is 0 Å². The molecular weight excluding hydrogens is 456 g/mol. The Morgan fingerprint density at radius 2 is 1.49 bits per heavy atom. The van der Waals surface area contributed by atoms with Gasteiger partial charge in [-0.2, -0.15) is 0 Å². The fraction of sp³-hybridized carbons (Fsp3) is 0.0417. The van der Waals surface area contributed by atoms with E-state index >= 15 is 0 Å². The van der Waals surface area contributed by atoms with Gasteiger partial charge in [0.15, 0.2) is 5.78 Å². The Morgan fingerprint density at radius 1 is 0.857 bits per heavy atom. The Balaban J connectivity index is 1.52. The molecular formula is C24H16N4O7. The summed E-state index contributed by atoms with van der Waals surface area (Å²) in [5, 5.41) is 27.8. The van der Waals surface area contributed by atoms with Crippen LogP contribution in [0.2, 0.25) is 0 Å². The number of fused-ring (bicyclic) bond motifs is 1. The first-order chi connectivity index (χ1) is 16.7. The minimum atomic E-state index is -0.811. The van der Waals surface area contributed by atoms with Crippen LogP contribution in [0.3, 0.4) is 0 Å². The summed E-state index contributed by atoms with van der Waals surface area (Å²) in [4.78, 5) is 58.5. The highest BCUT2D eigenvalue weighted by Crippen LogP contribution is 2.29. The van der Waals surface area contributed by atoms with Crippen molar-refractivity contribution in [2.45, 2.75) is 6.92 Å². The van der Waals surface area contributed by atoms with Gasteiger partial charge in [0, 0.05) is 40.2 Å². The Bertz CT molecular complexity index is 1460. The molecule has 1 aliphatic rings. The summed E-state index contributed by atoms with van der Waals surface area (Å²) in [6, 6.07) is 14.4. The number of nitro groups is 2. The Labute approximate surface area is 197 Å². The van der Waals surface area contributed by atoms with E-state index in [0.717, 1.165) is 12.1 Å². The molecule has 1 amide bonds. The number of anilines is 2. The lowest BCUT2D eigenvalue weighted by Gasteiger charge is -2.16. The largest absolute Gasteiger partial charge is 0.352 e. The number of nitrogens with one attached hydrogen (secondary N) is 2. The molecule has 0 atom stereocenters. The summed E-state index contributed by atoms with van der Waals surface area (Å²) in [5.41, 5.74) is 0.179. The van der Waals surface area contributed by atoms with Crippen molar-refractivity contribution in [1.29, 1.82) is 0 Å². The molecule has 11 heteroatoms. The SMILES string of the molecule is Cc1c(C(=O)Nc2ccc(NC3=CC(=O)c4ccccc4C3=O)cc2)cc([N+](=O)[O-])cc1[N+](=O)[O-]. The molecule has 0 unspecified atom stereocenters. The van der Waals surface area contributed by atoms with E-state index < -0.39 is 27.1 Å². The van der Waals surface area contributed by atoms with E-state index in [1.54, 1.807) is 36.4 Å². The number of carbonyl (C=O) groups is 3. The van der Waals surface area contributed by atoms with E-state index in [1.807, 2.05) is 0 Å². The number of nitro benzene ring substituents is 2. The molecule has 11 nitrogen and oxygen atoms in total. The van der Waals surface area contributed by atoms with Gasteiger partial charge in [0.1, 0.15) is 0 Å². The molecule has 0 spiro atoms. The molecule has 0 saturated heterocycles. The first-order valence-electron chi connectivity index (χ1n) is 10.2. The normalized spacial score (nSPS) is 12.4. The van der Waals surface area contributed by atoms with Gasteiger partial charge in [0.25, 0.3) is 17.3 Å². The summed E-state index contributed by atoms with van der Waals surface area (Å²) < 4.78 is 0. The maximum Gasteiger partial charge on any atom is 0.279 e. The smallest absolute Gasteiger partial charge is 0.279 e. The lowest BCUT2D eigenvalue weighted by atomic mass is 9.92. The second-order valence-corrected chi connectivity index (χ2v) is 7.61. The summed E-state index contributed by atoms with van der Waals surface area (Å²) in [7, 11) is 0. The number of hydrogen-bond acceptors (Lipinski definition) is 8. The molecule has 0 saturated carbocycles. The maximum atomic E-state index is 12.7. The molecule has 1 aliphatic carbocycles. The number of ketones is 2. The van der Waals surface area contributed by atoms with Gasteiger partial charge in [-0.15, -0.1) is 0 Å². The molecule has 0 aromatic heterocycles. The predicted octanol–water partition coefficient (Wildman–Crippen LogP) is 4.44. The third-order valence-electron chi connectivity index (χ3n) is 5.40. The van der Waals surface area contributed by atoms with Crippen molar-refractivity contribution >= 4 is 40.2 Å². The highest BCUT2D eigenvalue weighted by molar-refractivity contribution is 6.25. The predicted molar refractivity (Wildman–Crippen MR) is 126 cm³/mol. The Kier molecular flexibility index (Phi) is 5.90. The molecule has 0 fully saturated rings. The van der Waals surface area contributed by atoms with Crippen LogP contribution in [0.15, 0.2) is 72.4 Å². The monoisotopic (exact) mass is 472 g/mol. The fourth-order valence-electron chi connectivity index (χ4n) is 3.61. The van der Waals surface area contributed by atoms with Gasteiger partial charge >= 0.3 is 0 Å². The highest BCUT2D eigenvalue weighted by atomic mass is 16.6. The van der Waals surface area contributed by atoms with Gasteiger partial charge in [0.05, 0.1) is 27.2 Å². The molecule has 3 aromatic carbocycles. The second kappa shape index (κ2) is 8.98. The van der Waals surface area contributed by atoms with Crippen LogP contribution in [0.25, 0.3) is 0 Å².